The number of esters is 2. The van der Waals surface area contributed by atoms with Crippen LogP contribution in [0.3, 0.4) is 0 Å². The molecule has 1 aliphatic heterocycles. The van der Waals surface area contributed by atoms with E-state index in [0.717, 1.165) is 27.1 Å². The Kier molecular flexibility index (Phi) is 5.48. The summed E-state index contributed by atoms with van der Waals surface area (Å²) in [6, 6.07) is 10.2. The first-order chi connectivity index (χ1) is 13.6. The molecule has 7 heteroatoms. The molecule has 1 aliphatic rings. The van der Waals surface area contributed by atoms with Crippen molar-refractivity contribution in [3.63, 3.8) is 0 Å². The van der Waals surface area contributed by atoms with Crippen molar-refractivity contribution >= 4 is 44.0 Å². The molecule has 0 aliphatic carbocycles. The molecule has 146 valence electrons. The fourth-order valence-electron chi connectivity index (χ4n) is 3.57. The third-order valence-corrected chi connectivity index (χ3v) is 7.19. The lowest BCUT2D eigenvalue weighted by molar-refractivity contribution is 0.0522. The number of benzene rings is 1. The Morgan fingerprint density at radius 1 is 0.929 bits per heavy atom. The number of carbonyl (C=O) groups excluding carboxylic acids is 2. The molecule has 5 nitrogen and oxygen atoms in total. The third-order valence-electron chi connectivity index (χ3n) is 4.68. The largest absolute Gasteiger partial charge is 0.462 e. The first-order valence-corrected chi connectivity index (χ1v) is 10.9. The average molecular weight is 416 g/mol. The molecule has 0 atom stereocenters. The summed E-state index contributed by atoms with van der Waals surface area (Å²) in [4.78, 5) is 28.6. The van der Waals surface area contributed by atoms with Gasteiger partial charge in [-0.3, -0.25) is 4.90 Å². The van der Waals surface area contributed by atoms with Crippen molar-refractivity contribution in [2.75, 3.05) is 13.2 Å². The minimum atomic E-state index is -0.281. The van der Waals surface area contributed by atoms with Gasteiger partial charge in [-0.2, -0.15) is 0 Å². The van der Waals surface area contributed by atoms with Gasteiger partial charge in [0.25, 0.3) is 0 Å². The van der Waals surface area contributed by atoms with E-state index in [0.29, 0.717) is 36.1 Å². The lowest BCUT2D eigenvalue weighted by Gasteiger charge is -2.27. The molecule has 0 radical (unpaired) electrons. The van der Waals surface area contributed by atoms with Crippen molar-refractivity contribution in [1.82, 2.24) is 4.90 Å². The second kappa shape index (κ2) is 8.03. The zero-order valence-electron chi connectivity index (χ0n) is 15.8. The van der Waals surface area contributed by atoms with Crippen LogP contribution < -0.4 is 0 Å². The molecule has 3 heterocycles. The van der Waals surface area contributed by atoms with Gasteiger partial charge in [-0.25, -0.2) is 9.59 Å². The molecule has 0 fully saturated rings. The fourth-order valence-corrected chi connectivity index (χ4v) is 6.17. The van der Waals surface area contributed by atoms with E-state index < -0.39 is 0 Å². The summed E-state index contributed by atoms with van der Waals surface area (Å²) in [5.74, 6) is -0.563. The zero-order valence-corrected chi connectivity index (χ0v) is 17.5. The van der Waals surface area contributed by atoms with Crippen molar-refractivity contribution in [3.05, 3.63) is 56.8 Å². The van der Waals surface area contributed by atoms with Gasteiger partial charge in [-0.15, -0.1) is 22.7 Å². The van der Waals surface area contributed by atoms with Crippen molar-refractivity contribution in [3.8, 4) is 0 Å². The van der Waals surface area contributed by atoms with E-state index >= 15 is 0 Å². The molecule has 2 aromatic heterocycles. The predicted molar refractivity (Wildman–Crippen MR) is 111 cm³/mol. The van der Waals surface area contributed by atoms with Crippen LogP contribution in [-0.2, 0) is 29.1 Å². The Morgan fingerprint density at radius 3 is 1.96 bits per heavy atom. The standard InChI is InChI=1S/C21H21NO4S2/c1-3-25-19(23)17-14-11-22(10-13-8-6-5-7-9-13)12-15-16(14)21(27-17)28-18(15)20(24)26-4-2/h5-9H,3-4,10-12H2,1-2H3. The van der Waals surface area contributed by atoms with Gasteiger partial charge >= 0.3 is 11.9 Å². The second-order valence-electron chi connectivity index (χ2n) is 6.55. The molecule has 28 heavy (non-hydrogen) atoms. The topological polar surface area (TPSA) is 55.8 Å². The monoisotopic (exact) mass is 415 g/mol. The summed E-state index contributed by atoms with van der Waals surface area (Å²) < 4.78 is 11.5. The molecule has 1 aromatic carbocycles. The highest BCUT2D eigenvalue weighted by molar-refractivity contribution is 7.40. The van der Waals surface area contributed by atoms with Crippen LogP contribution >= 0.6 is 22.7 Å². The first kappa shape index (κ1) is 19.1. The Morgan fingerprint density at radius 2 is 1.46 bits per heavy atom. The number of hydrogen-bond donors (Lipinski definition) is 0. The van der Waals surface area contributed by atoms with E-state index in [1.54, 1.807) is 0 Å². The summed E-state index contributed by atoms with van der Waals surface area (Å²) in [5.41, 5.74) is 3.15. The summed E-state index contributed by atoms with van der Waals surface area (Å²) in [5, 5.41) is 1.05. The van der Waals surface area contributed by atoms with E-state index in [4.69, 9.17) is 9.47 Å². The van der Waals surface area contributed by atoms with Crippen molar-refractivity contribution in [2.45, 2.75) is 33.5 Å². The van der Waals surface area contributed by atoms with E-state index in [2.05, 4.69) is 17.0 Å². The van der Waals surface area contributed by atoms with Crippen LogP contribution in [0.5, 0.6) is 0 Å². The number of thiophene rings is 2. The smallest absolute Gasteiger partial charge is 0.348 e. The highest BCUT2D eigenvalue weighted by atomic mass is 32.2. The molecule has 0 N–H and O–H groups in total. The van der Waals surface area contributed by atoms with Crippen molar-refractivity contribution in [2.24, 2.45) is 0 Å². The second-order valence-corrected chi connectivity index (χ2v) is 8.85. The molecule has 0 saturated carbocycles. The molecule has 4 rings (SSSR count). The Balaban J connectivity index is 1.76. The minimum Gasteiger partial charge on any atom is -0.462 e. The van der Waals surface area contributed by atoms with Crippen molar-refractivity contribution < 1.29 is 19.1 Å². The van der Waals surface area contributed by atoms with E-state index in [1.165, 1.54) is 28.2 Å². The molecule has 0 saturated heterocycles. The molecule has 3 aromatic rings. The lowest BCUT2D eigenvalue weighted by Crippen LogP contribution is -2.27. The number of rotatable bonds is 6. The summed E-state index contributed by atoms with van der Waals surface area (Å²) in [6.07, 6.45) is 0. The maximum atomic E-state index is 12.5. The Bertz CT molecular complexity index is 965. The molecular weight excluding hydrogens is 394 g/mol. The molecule has 0 amide bonds. The van der Waals surface area contributed by atoms with Gasteiger partial charge in [0.2, 0.25) is 0 Å². The van der Waals surface area contributed by atoms with E-state index in [1.807, 2.05) is 32.0 Å². The van der Waals surface area contributed by atoms with Crippen LogP contribution in [-0.4, -0.2) is 30.1 Å². The van der Waals surface area contributed by atoms with Crippen molar-refractivity contribution in [1.29, 1.82) is 0 Å². The van der Waals surface area contributed by atoms with Crippen LogP contribution in [0.25, 0.3) is 9.40 Å². The van der Waals surface area contributed by atoms with Crippen LogP contribution in [0.2, 0.25) is 0 Å². The third kappa shape index (κ3) is 3.45. The first-order valence-electron chi connectivity index (χ1n) is 9.29. The number of ether oxygens (including phenoxy) is 2. The normalized spacial score (nSPS) is 13.6. The maximum Gasteiger partial charge on any atom is 0.348 e. The Labute approximate surface area is 171 Å². The highest BCUT2D eigenvalue weighted by Crippen LogP contribution is 2.45. The number of nitrogens with zero attached hydrogens (tertiary/aromatic N) is 1. The Hall–Kier alpha value is -2.22. The highest BCUT2D eigenvalue weighted by Gasteiger charge is 2.32. The molecule has 0 unspecified atom stereocenters. The van der Waals surface area contributed by atoms with Crippen LogP contribution in [0.1, 0.15) is 49.9 Å². The molecule has 0 bridgehead atoms. The van der Waals surface area contributed by atoms with Gasteiger partial charge in [0.1, 0.15) is 9.75 Å². The molecule has 0 spiro atoms. The van der Waals surface area contributed by atoms with Gasteiger partial charge < -0.3 is 9.47 Å². The predicted octanol–water partition coefficient (Wildman–Crippen LogP) is 4.83. The summed E-state index contributed by atoms with van der Waals surface area (Å²) >= 11 is 2.85. The van der Waals surface area contributed by atoms with Crippen LogP contribution in [0.4, 0.5) is 0 Å². The van der Waals surface area contributed by atoms with Crippen LogP contribution in [0, 0.1) is 0 Å². The SMILES string of the molecule is CCOC(=O)c1sc2sc(C(=O)OCC)c3c2c1CN(Cc1ccccc1)C3. The van der Waals surface area contributed by atoms with Gasteiger partial charge in [0.05, 0.1) is 17.2 Å². The number of carbonyl (C=O) groups is 2. The zero-order chi connectivity index (χ0) is 19.7. The molecular formula is C21H21NO4S2. The lowest BCUT2D eigenvalue weighted by atomic mass is 10.0. The van der Waals surface area contributed by atoms with Gasteiger partial charge in [-0.05, 0) is 19.4 Å². The van der Waals surface area contributed by atoms with Gasteiger partial charge in [0, 0.05) is 36.1 Å². The van der Waals surface area contributed by atoms with E-state index in [9.17, 15) is 9.59 Å². The van der Waals surface area contributed by atoms with Gasteiger partial charge in [0.15, 0.2) is 0 Å². The number of hydrogen-bond acceptors (Lipinski definition) is 7. The van der Waals surface area contributed by atoms with Crippen LogP contribution in [0.15, 0.2) is 30.3 Å². The minimum absolute atomic E-state index is 0.281. The summed E-state index contributed by atoms with van der Waals surface area (Å²) in [6.45, 7) is 6.38. The summed E-state index contributed by atoms with van der Waals surface area (Å²) in [7, 11) is 0. The average Bonchev–Trinajstić information content (AvgIpc) is 3.23. The quantitative estimate of drug-likeness (QED) is 0.540. The van der Waals surface area contributed by atoms with Gasteiger partial charge in [-0.1, -0.05) is 30.3 Å². The van der Waals surface area contributed by atoms with E-state index in [-0.39, 0.29) is 11.9 Å². The maximum absolute atomic E-state index is 12.5. The fraction of sp³-hybridized carbons (Fsp3) is 0.333.